The Morgan fingerprint density at radius 3 is 2.71 bits per heavy atom. The predicted octanol–water partition coefficient (Wildman–Crippen LogP) is 2.51. The van der Waals surface area contributed by atoms with Gasteiger partial charge in [0.1, 0.15) is 5.75 Å². The highest BCUT2D eigenvalue weighted by Crippen LogP contribution is 2.33. The van der Waals surface area contributed by atoms with E-state index in [1.54, 1.807) is 11.6 Å². The Bertz CT molecular complexity index is 658. The molecule has 0 saturated heterocycles. The van der Waals surface area contributed by atoms with Gasteiger partial charge in [-0.05, 0) is 0 Å². The number of nitrogens with zero attached hydrogens (tertiary/aromatic N) is 3. The second-order valence-electron chi connectivity index (χ2n) is 3.73. The van der Waals surface area contributed by atoms with E-state index in [0.717, 1.165) is 0 Å². The third-order valence-corrected chi connectivity index (χ3v) is 3.20. The Labute approximate surface area is 124 Å². The predicted molar refractivity (Wildman–Crippen MR) is 79.5 cm³/mol. The summed E-state index contributed by atoms with van der Waals surface area (Å²) in [5.74, 6) is 0.545. The first-order valence-electron chi connectivity index (χ1n) is 5.74. The summed E-state index contributed by atoms with van der Waals surface area (Å²) in [4.78, 5) is 14.5. The molecule has 2 aromatic rings. The third-order valence-electron chi connectivity index (χ3n) is 2.52. The van der Waals surface area contributed by atoms with Crippen molar-refractivity contribution in [2.75, 3.05) is 19.6 Å². The number of nitro benzene ring substituents is 1. The molecule has 0 aliphatic carbocycles. The van der Waals surface area contributed by atoms with Gasteiger partial charge in [-0.1, -0.05) is 0 Å². The van der Waals surface area contributed by atoms with Crippen LogP contribution in [0.5, 0.6) is 11.5 Å². The molecule has 21 heavy (non-hydrogen) atoms. The van der Waals surface area contributed by atoms with Crippen molar-refractivity contribution >= 4 is 28.4 Å². The number of hydrazone groups is 1. The number of ether oxygens (including phenoxy) is 2. The van der Waals surface area contributed by atoms with E-state index in [0.29, 0.717) is 16.4 Å². The van der Waals surface area contributed by atoms with Crippen molar-refractivity contribution in [2.24, 2.45) is 5.10 Å². The van der Waals surface area contributed by atoms with Crippen LogP contribution >= 0.6 is 11.3 Å². The molecule has 0 atom stereocenters. The van der Waals surface area contributed by atoms with Crippen molar-refractivity contribution in [2.45, 2.75) is 0 Å². The summed E-state index contributed by atoms with van der Waals surface area (Å²) in [5.41, 5.74) is 3.02. The smallest absolute Gasteiger partial charge is 0.311 e. The second kappa shape index (κ2) is 6.66. The zero-order valence-corrected chi connectivity index (χ0v) is 12.1. The van der Waals surface area contributed by atoms with Crippen LogP contribution in [0.1, 0.15) is 5.56 Å². The minimum Gasteiger partial charge on any atom is -0.496 e. The average molecular weight is 308 g/mol. The van der Waals surface area contributed by atoms with Crippen LogP contribution in [0.15, 0.2) is 28.8 Å². The molecule has 110 valence electrons. The van der Waals surface area contributed by atoms with Gasteiger partial charge in [-0.3, -0.25) is 15.5 Å². The molecule has 0 spiro atoms. The fourth-order valence-corrected chi connectivity index (χ4v) is 2.06. The number of aromatic nitrogens is 1. The molecule has 2 rings (SSSR count). The average Bonchev–Trinajstić information content (AvgIpc) is 2.99. The maximum absolute atomic E-state index is 11.0. The van der Waals surface area contributed by atoms with E-state index in [9.17, 15) is 10.1 Å². The van der Waals surface area contributed by atoms with Crippen LogP contribution in [-0.2, 0) is 0 Å². The normalized spacial score (nSPS) is 10.6. The van der Waals surface area contributed by atoms with E-state index in [2.05, 4.69) is 15.5 Å². The molecule has 0 bridgehead atoms. The van der Waals surface area contributed by atoms with E-state index < -0.39 is 4.92 Å². The second-order valence-corrected chi connectivity index (χ2v) is 4.62. The zero-order chi connectivity index (χ0) is 15.2. The summed E-state index contributed by atoms with van der Waals surface area (Å²) in [6.45, 7) is 0. The number of nitro groups is 1. The highest BCUT2D eigenvalue weighted by Gasteiger charge is 2.18. The summed E-state index contributed by atoms with van der Waals surface area (Å²) in [6.07, 6.45) is 3.06. The zero-order valence-electron chi connectivity index (χ0n) is 11.3. The third kappa shape index (κ3) is 3.45. The number of nitrogens with one attached hydrogen (secondary N) is 1. The summed E-state index contributed by atoms with van der Waals surface area (Å²) < 4.78 is 10.2. The standard InChI is InChI=1S/C12H12N4O4S/c1-19-10-6-11(20-2)9(16(17)18)5-8(10)7-14-15-12-13-3-4-21-12/h3-7H,1-2H3,(H,13,15)/b14-7-. The van der Waals surface area contributed by atoms with Gasteiger partial charge < -0.3 is 9.47 Å². The summed E-state index contributed by atoms with van der Waals surface area (Å²) >= 11 is 1.39. The SMILES string of the molecule is COc1cc(OC)c([N+](=O)[O-])cc1/C=N\Nc1nccs1. The van der Waals surface area contributed by atoms with E-state index >= 15 is 0 Å². The Kier molecular flexibility index (Phi) is 4.67. The number of rotatable bonds is 6. The molecule has 0 radical (unpaired) electrons. The Hall–Kier alpha value is -2.68. The van der Waals surface area contributed by atoms with Crippen molar-refractivity contribution in [3.8, 4) is 11.5 Å². The van der Waals surface area contributed by atoms with Crippen LogP contribution in [0.2, 0.25) is 0 Å². The number of benzene rings is 1. The Morgan fingerprint density at radius 1 is 1.38 bits per heavy atom. The number of hydrogen-bond acceptors (Lipinski definition) is 8. The minimum absolute atomic E-state index is 0.127. The monoisotopic (exact) mass is 308 g/mol. The van der Waals surface area contributed by atoms with Gasteiger partial charge in [-0.2, -0.15) is 5.10 Å². The van der Waals surface area contributed by atoms with Crippen molar-refractivity contribution in [3.05, 3.63) is 39.4 Å². The maximum Gasteiger partial charge on any atom is 0.311 e. The molecule has 0 unspecified atom stereocenters. The van der Waals surface area contributed by atoms with Gasteiger partial charge >= 0.3 is 5.69 Å². The first-order chi connectivity index (χ1) is 10.2. The van der Waals surface area contributed by atoms with E-state index in [1.165, 1.54) is 43.9 Å². The van der Waals surface area contributed by atoms with Crippen LogP contribution in [0, 0.1) is 10.1 Å². The molecular formula is C12H12N4O4S. The van der Waals surface area contributed by atoms with Gasteiger partial charge in [0.15, 0.2) is 0 Å². The minimum atomic E-state index is -0.524. The topological polar surface area (TPSA) is 98.9 Å². The van der Waals surface area contributed by atoms with Crippen LogP contribution in [0.25, 0.3) is 0 Å². The van der Waals surface area contributed by atoms with Gasteiger partial charge in [0.2, 0.25) is 10.9 Å². The summed E-state index contributed by atoms with van der Waals surface area (Å²) in [5, 5.41) is 17.4. The van der Waals surface area contributed by atoms with Crippen LogP contribution in [0.4, 0.5) is 10.8 Å². The van der Waals surface area contributed by atoms with Crippen LogP contribution in [0.3, 0.4) is 0 Å². The molecule has 1 aromatic carbocycles. The fourth-order valence-electron chi connectivity index (χ4n) is 1.59. The van der Waals surface area contributed by atoms with Crippen molar-refractivity contribution in [1.29, 1.82) is 0 Å². The van der Waals surface area contributed by atoms with Crippen LogP contribution in [-0.4, -0.2) is 30.3 Å². The Morgan fingerprint density at radius 2 is 2.14 bits per heavy atom. The van der Waals surface area contributed by atoms with Crippen molar-refractivity contribution < 1.29 is 14.4 Å². The van der Waals surface area contributed by atoms with Gasteiger partial charge in [0.05, 0.1) is 25.4 Å². The fraction of sp³-hybridized carbons (Fsp3) is 0.167. The van der Waals surface area contributed by atoms with Gasteiger partial charge in [0, 0.05) is 29.3 Å². The highest BCUT2D eigenvalue weighted by atomic mass is 32.1. The van der Waals surface area contributed by atoms with Crippen molar-refractivity contribution in [3.63, 3.8) is 0 Å². The lowest BCUT2D eigenvalue weighted by Crippen LogP contribution is -1.99. The highest BCUT2D eigenvalue weighted by molar-refractivity contribution is 7.13. The molecule has 8 nitrogen and oxygen atoms in total. The molecule has 0 saturated carbocycles. The maximum atomic E-state index is 11.0. The molecule has 1 heterocycles. The van der Waals surface area contributed by atoms with Crippen molar-refractivity contribution in [1.82, 2.24) is 4.98 Å². The summed E-state index contributed by atoms with van der Waals surface area (Å²) in [7, 11) is 2.83. The van der Waals surface area contributed by atoms with E-state index in [4.69, 9.17) is 9.47 Å². The van der Waals surface area contributed by atoms with E-state index in [-0.39, 0.29) is 11.4 Å². The first kappa shape index (κ1) is 14.7. The lowest BCUT2D eigenvalue weighted by molar-refractivity contribution is -0.385. The van der Waals surface area contributed by atoms with Crippen LogP contribution < -0.4 is 14.9 Å². The Balaban J connectivity index is 2.30. The first-order valence-corrected chi connectivity index (χ1v) is 6.62. The number of anilines is 1. The molecule has 1 N–H and O–H groups in total. The molecular weight excluding hydrogens is 296 g/mol. The number of hydrogen-bond donors (Lipinski definition) is 1. The molecule has 0 aliphatic rings. The molecule has 1 aromatic heterocycles. The molecule has 0 aliphatic heterocycles. The lowest BCUT2D eigenvalue weighted by atomic mass is 10.1. The van der Waals surface area contributed by atoms with Gasteiger partial charge in [0.25, 0.3) is 0 Å². The lowest BCUT2D eigenvalue weighted by Gasteiger charge is -2.08. The van der Waals surface area contributed by atoms with Gasteiger partial charge in [-0.15, -0.1) is 11.3 Å². The molecule has 0 amide bonds. The number of thiazole rings is 1. The quantitative estimate of drug-likeness (QED) is 0.500. The van der Waals surface area contributed by atoms with Gasteiger partial charge in [-0.25, -0.2) is 4.98 Å². The largest absolute Gasteiger partial charge is 0.496 e. The molecule has 9 heteroatoms. The van der Waals surface area contributed by atoms with E-state index in [1.807, 2.05) is 0 Å². The summed E-state index contributed by atoms with van der Waals surface area (Å²) in [6, 6.07) is 2.79. The molecule has 0 fully saturated rings. The number of methoxy groups -OCH3 is 2.